The molecule has 0 heterocycles. The van der Waals surface area contributed by atoms with Gasteiger partial charge in [0.15, 0.2) is 0 Å². The van der Waals surface area contributed by atoms with Gasteiger partial charge in [-0.1, -0.05) is 13.0 Å². The summed E-state index contributed by atoms with van der Waals surface area (Å²) < 4.78 is 0. The van der Waals surface area contributed by atoms with Crippen molar-refractivity contribution in [2.75, 3.05) is 42.4 Å². The predicted octanol–water partition coefficient (Wildman–Crippen LogP) is 3.31. The Hall–Kier alpha value is -0.830. The average Bonchev–Trinajstić information content (AvgIpc) is 2.29. The van der Waals surface area contributed by atoms with Crippen LogP contribution in [-0.4, -0.2) is 32.1 Å². The lowest BCUT2D eigenvalue weighted by Gasteiger charge is -2.14. The van der Waals surface area contributed by atoms with Gasteiger partial charge in [-0.25, -0.2) is 0 Å². The highest BCUT2D eigenvalue weighted by Crippen LogP contribution is 2.17. The molecule has 0 aliphatic heterocycles. The minimum atomic E-state index is 1.06. The molecule has 16 heavy (non-hydrogen) atoms. The van der Waals surface area contributed by atoms with Crippen LogP contribution in [0, 0.1) is 0 Å². The van der Waals surface area contributed by atoms with E-state index < -0.39 is 0 Å². The number of hydrogen-bond donors (Lipinski definition) is 1. The topological polar surface area (TPSA) is 15.3 Å². The van der Waals surface area contributed by atoms with E-state index in [9.17, 15) is 0 Å². The number of rotatable bonds is 7. The van der Waals surface area contributed by atoms with E-state index in [1.165, 1.54) is 29.3 Å². The molecule has 1 aromatic rings. The molecular formula is C13H22N2S. The molecule has 3 heteroatoms. The van der Waals surface area contributed by atoms with Crippen LogP contribution in [0.25, 0.3) is 0 Å². The van der Waals surface area contributed by atoms with Crippen molar-refractivity contribution in [1.29, 1.82) is 0 Å². The summed E-state index contributed by atoms with van der Waals surface area (Å²) in [6.07, 6.45) is 1.23. The fraction of sp³-hybridized carbons (Fsp3) is 0.538. The normalized spacial score (nSPS) is 10.2. The molecular weight excluding hydrogens is 216 g/mol. The number of anilines is 2. The van der Waals surface area contributed by atoms with Crippen LogP contribution in [0.15, 0.2) is 24.3 Å². The summed E-state index contributed by atoms with van der Waals surface area (Å²) in [5, 5.41) is 3.46. The van der Waals surface area contributed by atoms with Crippen molar-refractivity contribution in [3.63, 3.8) is 0 Å². The van der Waals surface area contributed by atoms with Gasteiger partial charge in [-0.2, -0.15) is 11.8 Å². The largest absolute Gasteiger partial charge is 0.385 e. The molecule has 1 rings (SSSR count). The number of thioether (sulfide) groups is 1. The SMILES string of the molecule is CCSCCCNc1cccc(N(C)C)c1. The molecule has 90 valence electrons. The van der Waals surface area contributed by atoms with E-state index in [-0.39, 0.29) is 0 Å². The first-order valence-electron chi connectivity index (χ1n) is 5.83. The third-order valence-electron chi connectivity index (χ3n) is 2.36. The Bertz CT molecular complexity index is 300. The van der Waals surface area contributed by atoms with Crippen molar-refractivity contribution in [2.45, 2.75) is 13.3 Å². The number of hydrogen-bond acceptors (Lipinski definition) is 3. The van der Waals surface area contributed by atoms with Crippen LogP contribution < -0.4 is 10.2 Å². The summed E-state index contributed by atoms with van der Waals surface area (Å²) in [6.45, 7) is 3.27. The predicted molar refractivity (Wildman–Crippen MR) is 76.9 cm³/mol. The highest BCUT2D eigenvalue weighted by atomic mass is 32.2. The van der Waals surface area contributed by atoms with E-state index in [4.69, 9.17) is 0 Å². The minimum absolute atomic E-state index is 1.06. The summed E-state index contributed by atoms with van der Waals surface area (Å²) in [5.41, 5.74) is 2.46. The van der Waals surface area contributed by atoms with E-state index in [0.29, 0.717) is 0 Å². The molecule has 0 radical (unpaired) electrons. The maximum absolute atomic E-state index is 3.46. The van der Waals surface area contributed by atoms with Gasteiger partial charge in [0.25, 0.3) is 0 Å². The van der Waals surface area contributed by atoms with Crippen molar-refractivity contribution >= 4 is 23.1 Å². The van der Waals surface area contributed by atoms with Crippen molar-refractivity contribution in [3.05, 3.63) is 24.3 Å². The van der Waals surface area contributed by atoms with Crippen LogP contribution in [-0.2, 0) is 0 Å². The van der Waals surface area contributed by atoms with Gasteiger partial charge < -0.3 is 10.2 Å². The first-order chi connectivity index (χ1) is 7.74. The van der Waals surface area contributed by atoms with Crippen LogP contribution in [0.3, 0.4) is 0 Å². The molecule has 0 fully saturated rings. The van der Waals surface area contributed by atoms with Gasteiger partial charge in [0, 0.05) is 32.0 Å². The van der Waals surface area contributed by atoms with Crippen LogP contribution in [0.4, 0.5) is 11.4 Å². The number of nitrogens with one attached hydrogen (secondary N) is 1. The Kier molecular flexibility index (Phi) is 6.16. The first-order valence-corrected chi connectivity index (χ1v) is 6.98. The molecule has 0 atom stereocenters. The van der Waals surface area contributed by atoms with Crippen molar-refractivity contribution in [2.24, 2.45) is 0 Å². The second-order valence-electron chi connectivity index (χ2n) is 3.92. The van der Waals surface area contributed by atoms with Gasteiger partial charge in [0.2, 0.25) is 0 Å². The van der Waals surface area contributed by atoms with Gasteiger partial charge >= 0.3 is 0 Å². The minimum Gasteiger partial charge on any atom is -0.385 e. The molecule has 1 aromatic carbocycles. The maximum atomic E-state index is 3.46. The van der Waals surface area contributed by atoms with Crippen molar-refractivity contribution in [3.8, 4) is 0 Å². The van der Waals surface area contributed by atoms with Crippen LogP contribution in [0.5, 0.6) is 0 Å². The van der Waals surface area contributed by atoms with E-state index in [1.807, 2.05) is 11.8 Å². The van der Waals surface area contributed by atoms with Crippen LogP contribution in [0.1, 0.15) is 13.3 Å². The Labute approximate surface area is 103 Å². The summed E-state index contributed by atoms with van der Waals surface area (Å²) in [4.78, 5) is 2.12. The summed E-state index contributed by atoms with van der Waals surface area (Å²) in [7, 11) is 4.13. The number of nitrogens with zero attached hydrogens (tertiary/aromatic N) is 1. The van der Waals surface area contributed by atoms with Gasteiger partial charge in [-0.15, -0.1) is 0 Å². The quantitative estimate of drug-likeness (QED) is 0.734. The second-order valence-corrected chi connectivity index (χ2v) is 5.32. The Balaban J connectivity index is 2.33. The standard InChI is InChI=1S/C13H22N2S/c1-4-16-10-6-9-14-12-7-5-8-13(11-12)15(2)3/h5,7-8,11,14H,4,6,9-10H2,1-3H3. The lowest BCUT2D eigenvalue weighted by Crippen LogP contribution is -2.09. The van der Waals surface area contributed by atoms with Crippen LogP contribution in [0.2, 0.25) is 0 Å². The summed E-state index contributed by atoms with van der Waals surface area (Å²) in [6, 6.07) is 8.53. The highest BCUT2D eigenvalue weighted by Gasteiger charge is 1.96. The second kappa shape index (κ2) is 7.44. The van der Waals surface area contributed by atoms with Gasteiger partial charge in [-0.3, -0.25) is 0 Å². The molecule has 0 unspecified atom stereocenters. The van der Waals surface area contributed by atoms with Crippen LogP contribution >= 0.6 is 11.8 Å². The van der Waals surface area contributed by atoms with Gasteiger partial charge in [-0.05, 0) is 36.1 Å². The van der Waals surface area contributed by atoms with Gasteiger partial charge in [0.1, 0.15) is 0 Å². The third kappa shape index (κ3) is 4.79. The molecule has 1 N–H and O–H groups in total. The zero-order chi connectivity index (χ0) is 11.8. The smallest absolute Gasteiger partial charge is 0.0381 e. The molecule has 0 bridgehead atoms. The molecule has 0 aromatic heterocycles. The van der Waals surface area contributed by atoms with Gasteiger partial charge in [0.05, 0.1) is 0 Å². The average molecular weight is 238 g/mol. The van der Waals surface area contributed by atoms with Crippen molar-refractivity contribution in [1.82, 2.24) is 0 Å². The maximum Gasteiger partial charge on any atom is 0.0381 e. The monoisotopic (exact) mass is 238 g/mol. The highest BCUT2D eigenvalue weighted by molar-refractivity contribution is 7.99. The van der Waals surface area contributed by atoms with Crippen molar-refractivity contribution < 1.29 is 0 Å². The Morgan fingerprint density at radius 3 is 2.81 bits per heavy atom. The zero-order valence-corrected chi connectivity index (χ0v) is 11.3. The summed E-state index contributed by atoms with van der Waals surface area (Å²) >= 11 is 2.00. The Morgan fingerprint density at radius 2 is 2.12 bits per heavy atom. The molecule has 2 nitrogen and oxygen atoms in total. The molecule has 0 saturated heterocycles. The molecule has 0 amide bonds. The lowest BCUT2D eigenvalue weighted by molar-refractivity contribution is 0.991. The van der Waals surface area contributed by atoms with E-state index in [0.717, 1.165) is 6.54 Å². The molecule has 0 spiro atoms. The molecule has 0 aliphatic rings. The number of benzene rings is 1. The molecule has 0 saturated carbocycles. The van der Waals surface area contributed by atoms with E-state index in [2.05, 4.69) is 55.5 Å². The van der Waals surface area contributed by atoms with E-state index in [1.54, 1.807) is 0 Å². The Morgan fingerprint density at radius 1 is 1.31 bits per heavy atom. The summed E-state index contributed by atoms with van der Waals surface area (Å²) in [5.74, 6) is 2.47. The fourth-order valence-corrected chi connectivity index (χ4v) is 2.08. The third-order valence-corrected chi connectivity index (χ3v) is 3.35. The van der Waals surface area contributed by atoms with E-state index >= 15 is 0 Å². The fourth-order valence-electron chi connectivity index (χ4n) is 1.45. The first kappa shape index (κ1) is 13.2. The zero-order valence-electron chi connectivity index (χ0n) is 10.5. The molecule has 0 aliphatic carbocycles. The lowest BCUT2D eigenvalue weighted by atomic mass is 10.2.